The largest absolute Gasteiger partial charge is 0.306 e. The second-order valence-corrected chi connectivity index (χ2v) is 7.10. The average Bonchev–Trinajstić information content (AvgIpc) is 3.10. The van der Waals surface area contributed by atoms with Crippen molar-refractivity contribution in [2.75, 3.05) is 6.54 Å². The molecule has 0 radical (unpaired) electrons. The number of nitrogens with zero attached hydrogens (tertiary/aromatic N) is 2. The van der Waals surface area contributed by atoms with E-state index in [0.29, 0.717) is 24.1 Å². The number of thiazole rings is 1. The summed E-state index contributed by atoms with van der Waals surface area (Å²) in [5.74, 6) is -0.377. The zero-order valence-electron chi connectivity index (χ0n) is 14.1. The molecule has 1 N–H and O–H groups in total. The number of hydrogen-bond donors (Lipinski definition) is 1. The summed E-state index contributed by atoms with van der Waals surface area (Å²) in [5, 5.41) is 6.58. The molecule has 0 aliphatic carbocycles. The van der Waals surface area contributed by atoms with E-state index >= 15 is 0 Å². The van der Waals surface area contributed by atoms with Crippen LogP contribution in [-0.2, 0) is 0 Å². The molecule has 2 amide bonds. The van der Waals surface area contributed by atoms with Gasteiger partial charge in [0.15, 0.2) is 0 Å². The summed E-state index contributed by atoms with van der Waals surface area (Å²) in [6.45, 7) is 6.55. The lowest BCUT2D eigenvalue weighted by Gasteiger charge is -2.21. The maximum absolute atomic E-state index is 12.3. The number of aromatic nitrogens is 1. The molecule has 6 heteroatoms. The van der Waals surface area contributed by atoms with E-state index < -0.39 is 0 Å². The molecule has 5 nitrogen and oxygen atoms in total. The molecule has 3 rings (SSSR count). The topological polar surface area (TPSA) is 62.3 Å². The first kappa shape index (κ1) is 16.8. The third-order valence-electron chi connectivity index (χ3n) is 4.21. The van der Waals surface area contributed by atoms with Crippen LogP contribution in [0.4, 0.5) is 0 Å². The van der Waals surface area contributed by atoms with Gasteiger partial charge in [-0.05, 0) is 39.3 Å². The predicted octanol–water partition coefficient (Wildman–Crippen LogP) is 3.18. The molecule has 0 saturated carbocycles. The van der Waals surface area contributed by atoms with Crippen LogP contribution >= 0.6 is 11.3 Å². The van der Waals surface area contributed by atoms with E-state index in [9.17, 15) is 9.59 Å². The first-order valence-electron chi connectivity index (χ1n) is 8.10. The van der Waals surface area contributed by atoms with E-state index in [0.717, 1.165) is 10.7 Å². The lowest BCUT2D eigenvalue weighted by atomic mass is 10.1. The lowest BCUT2D eigenvalue weighted by Crippen LogP contribution is -2.36. The fraction of sp³-hybridized carbons (Fsp3) is 0.389. The molecule has 2 atom stereocenters. The van der Waals surface area contributed by atoms with Gasteiger partial charge in [-0.25, -0.2) is 4.98 Å². The molecule has 1 aromatic heterocycles. The summed E-state index contributed by atoms with van der Waals surface area (Å²) < 4.78 is 0. The Kier molecular flexibility index (Phi) is 4.78. The highest BCUT2D eigenvalue weighted by Gasteiger charge is 2.34. The van der Waals surface area contributed by atoms with E-state index in [1.165, 1.54) is 4.90 Å². The molecule has 0 unspecified atom stereocenters. The molecule has 1 aliphatic rings. The molecule has 2 heterocycles. The summed E-state index contributed by atoms with van der Waals surface area (Å²) in [6, 6.07) is 7.33. The Hall–Kier alpha value is -2.05. The van der Waals surface area contributed by atoms with Crippen molar-refractivity contribution in [3.8, 4) is 0 Å². The van der Waals surface area contributed by atoms with Gasteiger partial charge in [0.25, 0.3) is 11.8 Å². The van der Waals surface area contributed by atoms with Crippen LogP contribution in [0.2, 0.25) is 0 Å². The molecule has 0 spiro atoms. The number of carbonyl (C=O) groups is 2. The van der Waals surface area contributed by atoms with Crippen LogP contribution < -0.4 is 5.32 Å². The van der Waals surface area contributed by atoms with Gasteiger partial charge >= 0.3 is 0 Å². The Morgan fingerprint density at radius 1 is 1.17 bits per heavy atom. The van der Waals surface area contributed by atoms with Crippen molar-refractivity contribution in [1.82, 2.24) is 15.2 Å². The molecule has 0 bridgehead atoms. The van der Waals surface area contributed by atoms with Gasteiger partial charge in [-0.3, -0.25) is 14.5 Å². The van der Waals surface area contributed by atoms with Gasteiger partial charge in [0.1, 0.15) is 5.01 Å². The Balaban J connectivity index is 1.56. The third kappa shape index (κ3) is 3.25. The number of fused-ring (bicyclic) bond motifs is 1. The van der Waals surface area contributed by atoms with E-state index in [1.54, 1.807) is 35.6 Å². The summed E-state index contributed by atoms with van der Waals surface area (Å²) in [5.41, 5.74) is 2.05. The van der Waals surface area contributed by atoms with Crippen molar-refractivity contribution in [3.63, 3.8) is 0 Å². The van der Waals surface area contributed by atoms with Crippen LogP contribution in [0.15, 0.2) is 29.6 Å². The highest BCUT2D eigenvalue weighted by Crippen LogP contribution is 2.23. The van der Waals surface area contributed by atoms with Gasteiger partial charge in [0.2, 0.25) is 0 Å². The van der Waals surface area contributed by atoms with Gasteiger partial charge in [0.05, 0.1) is 17.2 Å². The molecular formula is C18H21N3O2S. The van der Waals surface area contributed by atoms with Crippen LogP contribution in [0.3, 0.4) is 0 Å². The minimum atomic E-state index is -0.189. The zero-order chi connectivity index (χ0) is 17.3. The molecular weight excluding hydrogens is 322 g/mol. The van der Waals surface area contributed by atoms with Crippen LogP contribution in [0.1, 0.15) is 57.7 Å². The van der Waals surface area contributed by atoms with Crippen molar-refractivity contribution in [2.24, 2.45) is 0 Å². The highest BCUT2D eigenvalue weighted by atomic mass is 32.1. The van der Waals surface area contributed by atoms with Crippen LogP contribution in [0, 0.1) is 6.92 Å². The summed E-state index contributed by atoms with van der Waals surface area (Å²) in [6.07, 6.45) is 0.708. The molecule has 1 aromatic carbocycles. The number of hydrogen-bond acceptors (Lipinski definition) is 5. The van der Waals surface area contributed by atoms with E-state index in [-0.39, 0.29) is 23.9 Å². The van der Waals surface area contributed by atoms with Crippen molar-refractivity contribution in [3.05, 3.63) is 51.5 Å². The van der Waals surface area contributed by atoms with Crippen molar-refractivity contribution < 1.29 is 9.59 Å². The Bertz CT molecular complexity index is 736. The van der Waals surface area contributed by atoms with Crippen LogP contribution in [0.5, 0.6) is 0 Å². The van der Waals surface area contributed by atoms with Crippen LogP contribution in [-0.4, -0.2) is 34.3 Å². The fourth-order valence-corrected chi connectivity index (χ4v) is 3.73. The Morgan fingerprint density at radius 3 is 2.33 bits per heavy atom. The second kappa shape index (κ2) is 6.83. The van der Waals surface area contributed by atoms with Crippen molar-refractivity contribution in [2.45, 2.75) is 39.3 Å². The van der Waals surface area contributed by atoms with Gasteiger partial charge in [-0.15, -0.1) is 11.3 Å². The quantitative estimate of drug-likeness (QED) is 0.818. The molecule has 1 aliphatic heterocycles. The molecule has 24 heavy (non-hydrogen) atoms. The first-order chi connectivity index (χ1) is 11.5. The number of carbonyl (C=O) groups excluding carboxylic acids is 2. The van der Waals surface area contributed by atoms with Gasteiger partial charge < -0.3 is 5.32 Å². The summed E-state index contributed by atoms with van der Waals surface area (Å²) in [7, 11) is 0. The minimum Gasteiger partial charge on any atom is -0.306 e. The molecule has 0 fully saturated rings. The zero-order valence-corrected chi connectivity index (χ0v) is 14.9. The van der Waals surface area contributed by atoms with Gasteiger partial charge in [0, 0.05) is 23.7 Å². The normalized spacial score (nSPS) is 16.4. The van der Waals surface area contributed by atoms with E-state index in [2.05, 4.69) is 24.1 Å². The number of amides is 2. The van der Waals surface area contributed by atoms with Gasteiger partial charge in [-0.2, -0.15) is 0 Å². The molecule has 2 aromatic rings. The lowest BCUT2D eigenvalue weighted by molar-refractivity contribution is 0.0649. The first-order valence-corrected chi connectivity index (χ1v) is 8.98. The third-order valence-corrected chi connectivity index (χ3v) is 5.35. The van der Waals surface area contributed by atoms with Crippen molar-refractivity contribution >= 4 is 23.2 Å². The highest BCUT2D eigenvalue weighted by molar-refractivity contribution is 7.09. The Labute approximate surface area is 145 Å². The smallest absolute Gasteiger partial charge is 0.261 e. The minimum absolute atomic E-state index is 0.154. The number of nitrogens with one attached hydrogen (secondary N) is 1. The second-order valence-electron chi connectivity index (χ2n) is 6.21. The van der Waals surface area contributed by atoms with E-state index in [1.807, 2.05) is 12.3 Å². The predicted molar refractivity (Wildman–Crippen MR) is 94.3 cm³/mol. The summed E-state index contributed by atoms with van der Waals surface area (Å²) in [4.78, 5) is 30.5. The number of rotatable bonds is 6. The number of imide groups is 1. The van der Waals surface area contributed by atoms with Crippen molar-refractivity contribution in [1.29, 1.82) is 0 Å². The maximum atomic E-state index is 12.3. The summed E-state index contributed by atoms with van der Waals surface area (Å²) >= 11 is 1.64. The SMILES string of the molecule is Cc1csc([C@H](C)N[C@@H](C)CCN2C(=O)c3ccccc3C2=O)n1. The molecule has 126 valence electrons. The fourth-order valence-electron chi connectivity index (χ4n) is 2.92. The average molecular weight is 343 g/mol. The molecule has 0 saturated heterocycles. The van der Waals surface area contributed by atoms with Gasteiger partial charge in [-0.1, -0.05) is 12.1 Å². The van der Waals surface area contributed by atoms with E-state index in [4.69, 9.17) is 0 Å². The monoisotopic (exact) mass is 343 g/mol. The number of benzene rings is 1. The maximum Gasteiger partial charge on any atom is 0.261 e. The number of aryl methyl sites for hydroxylation is 1. The Morgan fingerprint density at radius 2 is 1.79 bits per heavy atom. The van der Waals surface area contributed by atoms with Crippen LogP contribution in [0.25, 0.3) is 0 Å². The standard InChI is InChI=1S/C18H21N3O2S/c1-11(19-13(3)16-20-12(2)10-24-16)8-9-21-17(22)14-6-4-5-7-15(14)18(21)23/h4-7,10-11,13,19H,8-9H2,1-3H3/t11-,13-/m0/s1.